The molecule has 23 heavy (non-hydrogen) atoms. The van der Waals surface area contributed by atoms with Gasteiger partial charge in [0, 0.05) is 9.86 Å². The highest BCUT2D eigenvalue weighted by Crippen LogP contribution is 2.32. The van der Waals surface area contributed by atoms with Crippen molar-refractivity contribution in [1.29, 1.82) is 0 Å². The van der Waals surface area contributed by atoms with Gasteiger partial charge in [0.2, 0.25) is 0 Å². The van der Waals surface area contributed by atoms with Crippen LogP contribution in [0.25, 0.3) is 10.8 Å². The van der Waals surface area contributed by atoms with E-state index in [9.17, 15) is 8.42 Å². The third-order valence-corrected chi connectivity index (χ3v) is 5.09. The summed E-state index contributed by atoms with van der Waals surface area (Å²) in [6.45, 7) is 0. The van der Waals surface area contributed by atoms with Crippen LogP contribution in [0.2, 0.25) is 0 Å². The highest BCUT2D eigenvalue weighted by molar-refractivity contribution is 9.10. The van der Waals surface area contributed by atoms with E-state index in [1.807, 2.05) is 30.3 Å². The molecule has 0 aromatic heterocycles. The minimum absolute atomic E-state index is 0.0256. The van der Waals surface area contributed by atoms with Gasteiger partial charge in [-0.15, -0.1) is 0 Å². The third kappa shape index (κ3) is 3.18. The van der Waals surface area contributed by atoms with Crippen LogP contribution in [0.1, 0.15) is 0 Å². The van der Waals surface area contributed by atoms with Crippen molar-refractivity contribution in [2.24, 2.45) is 0 Å². The predicted octanol–water partition coefficient (Wildman–Crippen LogP) is 4.38. The predicted molar refractivity (Wildman–Crippen MR) is 92.5 cm³/mol. The molecule has 0 unspecified atom stereocenters. The lowest BCUT2D eigenvalue weighted by atomic mass is 10.1. The summed E-state index contributed by atoms with van der Waals surface area (Å²) in [4.78, 5) is -0.0256. The van der Waals surface area contributed by atoms with Crippen LogP contribution in [0.5, 0.6) is 11.5 Å². The Morgan fingerprint density at radius 1 is 0.913 bits per heavy atom. The lowest BCUT2D eigenvalue weighted by Gasteiger charge is -2.12. The molecule has 0 amide bonds. The van der Waals surface area contributed by atoms with Gasteiger partial charge in [-0.2, -0.15) is 8.42 Å². The van der Waals surface area contributed by atoms with Crippen LogP contribution in [0.15, 0.2) is 70.0 Å². The topological polar surface area (TPSA) is 52.6 Å². The maximum absolute atomic E-state index is 12.7. The highest BCUT2D eigenvalue weighted by Gasteiger charge is 2.23. The van der Waals surface area contributed by atoms with Crippen LogP contribution < -0.4 is 8.92 Å². The Morgan fingerprint density at radius 2 is 1.65 bits per heavy atom. The first-order valence-corrected chi connectivity index (χ1v) is 8.97. The molecule has 0 atom stereocenters. The fourth-order valence-electron chi connectivity index (χ4n) is 2.28. The van der Waals surface area contributed by atoms with Crippen LogP contribution in [-0.4, -0.2) is 15.5 Å². The lowest BCUT2D eigenvalue weighted by Crippen LogP contribution is -2.11. The van der Waals surface area contributed by atoms with Crippen LogP contribution in [0, 0.1) is 0 Å². The van der Waals surface area contributed by atoms with Crippen molar-refractivity contribution in [3.05, 3.63) is 65.1 Å². The number of benzene rings is 3. The van der Waals surface area contributed by atoms with E-state index in [1.54, 1.807) is 24.3 Å². The third-order valence-electron chi connectivity index (χ3n) is 3.34. The first kappa shape index (κ1) is 15.8. The molecule has 6 heteroatoms. The van der Waals surface area contributed by atoms with E-state index in [4.69, 9.17) is 8.92 Å². The molecular formula is C17H13BrO4S. The Balaban J connectivity index is 2.09. The van der Waals surface area contributed by atoms with E-state index >= 15 is 0 Å². The van der Waals surface area contributed by atoms with E-state index in [2.05, 4.69) is 15.9 Å². The van der Waals surface area contributed by atoms with Gasteiger partial charge in [0.15, 0.2) is 5.75 Å². The van der Waals surface area contributed by atoms with Crippen molar-refractivity contribution >= 4 is 36.8 Å². The van der Waals surface area contributed by atoms with Gasteiger partial charge in [0.05, 0.1) is 7.11 Å². The molecule has 0 saturated heterocycles. The summed E-state index contributed by atoms with van der Waals surface area (Å²) in [5, 5.41) is 1.63. The molecule has 0 aliphatic rings. The number of rotatable bonds is 4. The zero-order chi connectivity index (χ0) is 16.4. The molecule has 4 nitrogen and oxygen atoms in total. The highest BCUT2D eigenvalue weighted by atomic mass is 79.9. The van der Waals surface area contributed by atoms with Crippen LogP contribution in [-0.2, 0) is 10.1 Å². The SMILES string of the molecule is COc1ccc(Br)cc1S(=O)(=O)Oc1cccc2ccccc12. The normalized spacial score (nSPS) is 11.4. The van der Waals surface area contributed by atoms with Crippen molar-refractivity contribution < 1.29 is 17.3 Å². The quantitative estimate of drug-likeness (QED) is 0.618. The Hall–Kier alpha value is -2.05. The smallest absolute Gasteiger partial charge is 0.342 e. The molecule has 0 heterocycles. The van der Waals surface area contributed by atoms with E-state index < -0.39 is 10.1 Å². The van der Waals surface area contributed by atoms with Gasteiger partial charge in [0.25, 0.3) is 0 Å². The van der Waals surface area contributed by atoms with Gasteiger partial charge in [-0.1, -0.05) is 52.3 Å². The molecule has 0 fully saturated rings. The fraction of sp³-hybridized carbons (Fsp3) is 0.0588. The minimum Gasteiger partial charge on any atom is -0.495 e. The number of fused-ring (bicyclic) bond motifs is 1. The number of hydrogen-bond donors (Lipinski definition) is 0. The first-order valence-electron chi connectivity index (χ1n) is 6.77. The zero-order valence-electron chi connectivity index (χ0n) is 12.2. The van der Waals surface area contributed by atoms with Gasteiger partial charge in [-0.05, 0) is 29.7 Å². The van der Waals surface area contributed by atoms with Crippen molar-refractivity contribution in [1.82, 2.24) is 0 Å². The number of methoxy groups -OCH3 is 1. The average Bonchev–Trinajstić information content (AvgIpc) is 2.55. The Morgan fingerprint density at radius 3 is 2.43 bits per heavy atom. The van der Waals surface area contributed by atoms with Gasteiger partial charge < -0.3 is 8.92 Å². The van der Waals surface area contributed by atoms with Gasteiger partial charge in [-0.3, -0.25) is 0 Å². The van der Waals surface area contributed by atoms with Crippen LogP contribution in [0.3, 0.4) is 0 Å². The van der Waals surface area contributed by atoms with Crippen molar-refractivity contribution in [3.8, 4) is 11.5 Å². The summed E-state index contributed by atoms with van der Waals surface area (Å²) >= 11 is 3.27. The van der Waals surface area contributed by atoms with E-state index in [1.165, 1.54) is 13.2 Å². The number of ether oxygens (including phenoxy) is 1. The summed E-state index contributed by atoms with van der Waals surface area (Å²) in [5.41, 5.74) is 0. The number of halogens is 1. The molecule has 0 N–H and O–H groups in total. The molecule has 0 spiro atoms. The Kier molecular flexibility index (Phi) is 4.28. The molecule has 118 valence electrons. The summed E-state index contributed by atoms with van der Waals surface area (Å²) in [5.74, 6) is 0.513. The Labute approximate surface area is 142 Å². The summed E-state index contributed by atoms with van der Waals surface area (Å²) in [7, 11) is -2.61. The maximum Gasteiger partial charge on any atom is 0.342 e. The molecule has 0 radical (unpaired) electrons. The summed E-state index contributed by atoms with van der Waals surface area (Å²) < 4.78 is 36.4. The average molecular weight is 393 g/mol. The zero-order valence-corrected chi connectivity index (χ0v) is 14.6. The molecular weight excluding hydrogens is 380 g/mol. The van der Waals surface area contributed by atoms with Crippen molar-refractivity contribution in [2.45, 2.75) is 4.90 Å². The molecule has 3 rings (SSSR count). The molecule has 3 aromatic carbocycles. The second-order valence-corrected chi connectivity index (χ2v) is 7.24. The van der Waals surface area contributed by atoms with Crippen molar-refractivity contribution in [2.75, 3.05) is 7.11 Å². The number of hydrogen-bond acceptors (Lipinski definition) is 4. The molecule has 0 bridgehead atoms. The minimum atomic E-state index is -4.03. The molecule has 0 saturated carbocycles. The first-order chi connectivity index (χ1) is 11.0. The van der Waals surface area contributed by atoms with E-state index in [-0.39, 0.29) is 16.4 Å². The second-order valence-electron chi connectivity index (χ2n) is 4.81. The van der Waals surface area contributed by atoms with Crippen LogP contribution >= 0.6 is 15.9 Å². The van der Waals surface area contributed by atoms with Crippen LogP contribution in [0.4, 0.5) is 0 Å². The standard InChI is InChI=1S/C17H13BrO4S/c1-21-16-10-9-13(18)11-17(16)23(19,20)22-15-8-4-6-12-5-2-3-7-14(12)15/h2-11H,1H3. The largest absolute Gasteiger partial charge is 0.495 e. The van der Waals surface area contributed by atoms with Gasteiger partial charge >= 0.3 is 10.1 Å². The molecule has 3 aromatic rings. The lowest BCUT2D eigenvalue weighted by molar-refractivity contribution is 0.398. The van der Waals surface area contributed by atoms with Gasteiger partial charge in [-0.25, -0.2) is 0 Å². The van der Waals surface area contributed by atoms with E-state index in [0.29, 0.717) is 4.47 Å². The monoisotopic (exact) mass is 392 g/mol. The Bertz CT molecular complexity index is 962. The summed E-state index contributed by atoms with van der Waals surface area (Å²) in [6.07, 6.45) is 0. The summed E-state index contributed by atoms with van der Waals surface area (Å²) in [6, 6.07) is 17.5. The molecule has 0 aliphatic carbocycles. The van der Waals surface area contributed by atoms with E-state index in [0.717, 1.165) is 10.8 Å². The fourth-order valence-corrected chi connectivity index (χ4v) is 3.93. The van der Waals surface area contributed by atoms with Gasteiger partial charge in [0.1, 0.15) is 10.6 Å². The van der Waals surface area contributed by atoms with Crippen molar-refractivity contribution in [3.63, 3.8) is 0 Å². The second kappa shape index (κ2) is 6.22. The maximum atomic E-state index is 12.7. The molecule has 0 aliphatic heterocycles.